The fraction of sp³-hybridized carbons (Fsp3) is 0.346. The lowest BCUT2D eigenvalue weighted by atomic mass is 9.95. The van der Waals surface area contributed by atoms with E-state index in [4.69, 9.17) is 10.5 Å². The number of hydrogen-bond donors (Lipinski definition) is 2. The van der Waals surface area contributed by atoms with Crippen molar-refractivity contribution in [2.75, 3.05) is 12.4 Å². The van der Waals surface area contributed by atoms with Crippen LogP contribution in [0.1, 0.15) is 83.2 Å². The van der Waals surface area contributed by atoms with E-state index in [1.165, 1.54) is 26.1 Å². The first-order chi connectivity index (χ1) is 15.8. The number of aromatic nitrogens is 1. The summed E-state index contributed by atoms with van der Waals surface area (Å²) >= 11 is 3.63. The van der Waals surface area contributed by atoms with E-state index in [0.29, 0.717) is 28.4 Å². The van der Waals surface area contributed by atoms with Crippen LogP contribution in [-0.2, 0) is 4.74 Å². The number of hydrogen-bond acceptors (Lipinski definition) is 5. The number of halogens is 1. The fourth-order valence-electron chi connectivity index (χ4n) is 4.59. The molecule has 0 atom stereocenters. The Morgan fingerprint density at radius 2 is 1.88 bits per heavy atom. The minimum atomic E-state index is -0.568. The number of nitrogens with two attached hydrogens (primary N) is 1. The number of methoxy groups -OCH3 is 1. The number of rotatable bonds is 6. The van der Waals surface area contributed by atoms with Crippen LogP contribution in [0.5, 0.6) is 0 Å². The number of fused-ring (bicyclic) bond motifs is 1. The average molecular weight is 510 g/mol. The Kier molecular flexibility index (Phi) is 6.70. The summed E-state index contributed by atoms with van der Waals surface area (Å²) in [5, 5.41) is 4.20. The van der Waals surface area contributed by atoms with E-state index >= 15 is 0 Å². The van der Waals surface area contributed by atoms with Gasteiger partial charge in [0.2, 0.25) is 0 Å². The Morgan fingerprint density at radius 1 is 1.15 bits per heavy atom. The monoisotopic (exact) mass is 509 g/mol. The second kappa shape index (κ2) is 9.51. The summed E-state index contributed by atoms with van der Waals surface area (Å²) in [6.07, 6.45) is 6.06. The van der Waals surface area contributed by atoms with E-state index in [-0.39, 0.29) is 5.92 Å². The number of benzene rings is 2. The molecule has 0 radical (unpaired) electrons. The average Bonchev–Trinajstić information content (AvgIpc) is 3.32. The normalized spacial score (nSPS) is 14.1. The van der Waals surface area contributed by atoms with E-state index in [2.05, 4.69) is 46.1 Å². The van der Waals surface area contributed by atoms with Gasteiger partial charge in [-0.05, 0) is 66.1 Å². The van der Waals surface area contributed by atoms with Crippen LogP contribution < -0.4 is 11.1 Å². The Hall–Kier alpha value is -2.93. The van der Waals surface area contributed by atoms with Crippen LogP contribution in [0.15, 0.2) is 41.0 Å². The van der Waals surface area contributed by atoms with Crippen LogP contribution in [0.2, 0.25) is 0 Å². The predicted molar refractivity (Wildman–Crippen MR) is 134 cm³/mol. The summed E-state index contributed by atoms with van der Waals surface area (Å²) in [5.41, 5.74) is 10.7. The third kappa shape index (κ3) is 4.74. The largest absolute Gasteiger partial charge is 0.465 e. The minimum absolute atomic E-state index is 0.269. The molecule has 0 spiro atoms. The molecule has 7 heteroatoms. The molecular formula is C26H28BrN3O3. The number of carbonyl (C=O) groups excluding carboxylic acids is 2. The molecule has 6 nitrogen and oxygen atoms in total. The maximum absolute atomic E-state index is 12.4. The first-order valence-corrected chi connectivity index (χ1v) is 12.0. The van der Waals surface area contributed by atoms with E-state index in [1.54, 1.807) is 6.07 Å². The molecular weight excluding hydrogens is 482 g/mol. The lowest BCUT2D eigenvalue weighted by Gasteiger charge is -2.18. The Labute approximate surface area is 202 Å². The number of primary amides is 1. The van der Waals surface area contributed by atoms with Crippen molar-refractivity contribution in [3.8, 4) is 0 Å². The fourth-order valence-corrected chi connectivity index (χ4v) is 5.38. The van der Waals surface area contributed by atoms with Crippen LogP contribution >= 0.6 is 15.9 Å². The van der Waals surface area contributed by atoms with Gasteiger partial charge in [0.25, 0.3) is 5.91 Å². The zero-order valence-corrected chi connectivity index (χ0v) is 20.7. The van der Waals surface area contributed by atoms with Gasteiger partial charge in [0, 0.05) is 21.7 Å². The number of pyridine rings is 1. The zero-order valence-electron chi connectivity index (χ0n) is 19.1. The molecule has 1 saturated carbocycles. The van der Waals surface area contributed by atoms with Gasteiger partial charge in [0.05, 0.1) is 29.4 Å². The Bertz CT molecular complexity index is 1230. The van der Waals surface area contributed by atoms with Gasteiger partial charge >= 0.3 is 5.97 Å². The van der Waals surface area contributed by atoms with Gasteiger partial charge in [-0.3, -0.25) is 9.78 Å². The van der Waals surface area contributed by atoms with Gasteiger partial charge in [-0.15, -0.1) is 0 Å². The third-order valence-corrected chi connectivity index (χ3v) is 7.03. The summed E-state index contributed by atoms with van der Waals surface area (Å²) in [6, 6.07) is 9.72. The van der Waals surface area contributed by atoms with E-state index in [9.17, 15) is 9.59 Å². The highest BCUT2D eigenvalue weighted by atomic mass is 79.9. The summed E-state index contributed by atoms with van der Waals surface area (Å²) in [4.78, 5) is 29.1. The van der Waals surface area contributed by atoms with Gasteiger partial charge in [-0.25, -0.2) is 4.79 Å². The molecule has 1 heterocycles. The number of ether oxygens (including phenoxy) is 1. The highest BCUT2D eigenvalue weighted by Crippen LogP contribution is 2.38. The van der Waals surface area contributed by atoms with Crippen molar-refractivity contribution in [1.29, 1.82) is 0 Å². The van der Waals surface area contributed by atoms with Crippen molar-refractivity contribution >= 4 is 50.1 Å². The van der Waals surface area contributed by atoms with Gasteiger partial charge in [0.1, 0.15) is 0 Å². The molecule has 3 N–H and O–H groups in total. The molecule has 0 saturated heterocycles. The molecule has 4 rings (SSSR count). The number of anilines is 2. The second-order valence-electron chi connectivity index (χ2n) is 8.90. The van der Waals surface area contributed by atoms with Crippen molar-refractivity contribution in [3.63, 3.8) is 0 Å². The maximum Gasteiger partial charge on any atom is 0.337 e. The third-order valence-electron chi connectivity index (χ3n) is 6.35. The maximum atomic E-state index is 12.4. The molecule has 0 bridgehead atoms. The van der Waals surface area contributed by atoms with E-state index in [1.807, 2.05) is 18.2 Å². The smallest absolute Gasteiger partial charge is 0.337 e. The summed E-state index contributed by atoms with van der Waals surface area (Å²) in [6.45, 7) is 4.22. The molecule has 172 valence electrons. The van der Waals surface area contributed by atoms with Crippen LogP contribution in [0.3, 0.4) is 0 Å². The highest BCUT2D eigenvalue weighted by Gasteiger charge is 2.21. The standard InChI is InChI=1S/C26H28BrN3O3/c1-14(2)19-11-20-23(12-22(19)27)29-13-21(25(28)31)24(20)30-18-9-16(15-6-4-5-7-15)8-17(10-18)26(32)33-3/h8-15H,4-7H2,1-3H3,(H2,28,31)(H,29,30). The highest BCUT2D eigenvalue weighted by molar-refractivity contribution is 9.10. The second-order valence-corrected chi connectivity index (χ2v) is 9.75. The molecule has 0 unspecified atom stereocenters. The molecule has 1 aromatic heterocycles. The topological polar surface area (TPSA) is 94.3 Å². The zero-order chi connectivity index (χ0) is 23.7. The van der Waals surface area contributed by atoms with Crippen LogP contribution in [-0.4, -0.2) is 24.0 Å². The van der Waals surface area contributed by atoms with Crippen molar-refractivity contribution in [3.05, 3.63) is 63.3 Å². The van der Waals surface area contributed by atoms with Crippen LogP contribution in [0.25, 0.3) is 10.9 Å². The van der Waals surface area contributed by atoms with Gasteiger partial charge in [0.15, 0.2) is 0 Å². The van der Waals surface area contributed by atoms with Crippen molar-refractivity contribution < 1.29 is 14.3 Å². The Balaban J connectivity index is 1.89. The lowest BCUT2D eigenvalue weighted by molar-refractivity contribution is 0.0600. The predicted octanol–water partition coefficient (Wildman–Crippen LogP) is 6.41. The van der Waals surface area contributed by atoms with Crippen molar-refractivity contribution in [2.45, 2.75) is 51.4 Å². The summed E-state index contributed by atoms with van der Waals surface area (Å²) < 4.78 is 5.95. The molecule has 2 aromatic carbocycles. The van der Waals surface area contributed by atoms with Crippen LogP contribution in [0, 0.1) is 0 Å². The quantitative estimate of drug-likeness (QED) is 0.374. The molecule has 1 fully saturated rings. The van der Waals surface area contributed by atoms with Crippen LogP contribution in [0.4, 0.5) is 11.4 Å². The molecule has 3 aromatic rings. The first kappa shape index (κ1) is 23.2. The molecule has 0 aliphatic heterocycles. The number of nitrogens with one attached hydrogen (secondary N) is 1. The Morgan fingerprint density at radius 3 is 2.52 bits per heavy atom. The minimum Gasteiger partial charge on any atom is -0.465 e. The lowest BCUT2D eigenvalue weighted by Crippen LogP contribution is -2.14. The first-order valence-electron chi connectivity index (χ1n) is 11.2. The molecule has 1 aliphatic carbocycles. The van der Waals surface area contributed by atoms with Crippen molar-refractivity contribution in [1.82, 2.24) is 4.98 Å². The molecule has 1 aliphatic rings. The van der Waals surface area contributed by atoms with E-state index < -0.39 is 11.9 Å². The molecule has 1 amide bonds. The number of carbonyl (C=O) groups is 2. The summed E-state index contributed by atoms with van der Waals surface area (Å²) in [5.74, 6) is -0.284. The van der Waals surface area contributed by atoms with E-state index in [0.717, 1.165) is 39.3 Å². The van der Waals surface area contributed by atoms with Gasteiger partial charge in [-0.2, -0.15) is 0 Å². The number of amides is 1. The van der Waals surface area contributed by atoms with Crippen molar-refractivity contribution in [2.24, 2.45) is 5.73 Å². The van der Waals surface area contributed by atoms with Gasteiger partial charge < -0.3 is 15.8 Å². The number of nitrogens with zero attached hydrogens (tertiary/aromatic N) is 1. The SMILES string of the molecule is COC(=O)c1cc(Nc2c(C(N)=O)cnc3cc(Br)c(C(C)C)cc23)cc(C2CCCC2)c1. The van der Waals surface area contributed by atoms with Gasteiger partial charge in [-0.1, -0.05) is 42.6 Å². The number of esters is 1. The molecule has 33 heavy (non-hydrogen) atoms. The summed E-state index contributed by atoms with van der Waals surface area (Å²) in [7, 11) is 1.38.